The molecule has 0 saturated heterocycles. The predicted octanol–water partition coefficient (Wildman–Crippen LogP) is 1.55. The lowest BCUT2D eigenvalue weighted by Gasteiger charge is -2.01. The summed E-state index contributed by atoms with van der Waals surface area (Å²) in [5.41, 5.74) is 0.935. The second-order valence-corrected chi connectivity index (χ2v) is 2.18. The molecule has 1 aromatic heterocycles. The first-order valence-electron chi connectivity index (χ1n) is 3.36. The van der Waals surface area contributed by atoms with E-state index in [1.54, 1.807) is 30.6 Å². The average Bonchev–Trinajstić information content (AvgIpc) is 2.09. The molecule has 0 aliphatic heterocycles. The molecule has 1 aromatic rings. The Bertz CT molecular complexity index is 235. The van der Waals surface area contributed by atoms with Crippen LogP contribution in [0.15, 0.2) is 37.2 Å². The number of hydrogen-bond donors (Lipinski definition) is 0. The van der Waals surface area contributed by atoms with E-state index in [9.17, 15) is 4.79 Å². The van der Waals surface area contributed by atoms with E-state index in [2.05, 4.69) is 11.6 Å². The normalized spacial score (nSPS) is 12.0. The zero-order valence-corrected chi connectivity index (χ0v) is 6.10. The Hall–Kier alpha value is -1.44. The van der Waals surface area contributed by atoms with Crippen LogP contribution in [0.3, 0.4) is 0 Å². The van der Waals surface area contributed by atoms with Crippen molar-refractivity contribution < 1.29 is 4.79 Å². The summed E-state index contributed by atoms with van der Waals surface area (Å²) in [5.74, 6) is -0.196. The summed E-state index contributed by atoms with van der Waals surface area (Å²) < 4.78 is 0. The van der Waals surface area contributed by atoms with E-state index in [0.717, 1.165) is 11.8 Å². The lowest BCUT2D eigenvalue weighted by molar-refractivity contribution is -0.108. The fraction of sp³-hybridized carbons (Fsp3) is 0.111. The molecule has 0 aliphatic rings. The van der Waals surface area contributed by atoms with E-state index in [4.69, 9.17) is 0 Å². The maximum atomic E-state index is 10.4. The molecule has 1 atom stereocenters. The summed E-state index contributed by atoms with van der Waals surface area (Å²) in [6, 6.07) is 3.61. The van der Waals surface area contributed by atoms with Crippen LogP contribution in [-0.4, -0.2) is 11.3 Å². The second kappa shape index (κ2) is 3.66. The first kappa shape index (κ1) is 7.66. The number of aldehydes is 1. The third-order valence-corrected chi connectivity index (χ3v) is 1.49. The number of nitrogens with zero attached hydrogens (tertiary/aromatic N) is 1. The Labute approximate surface area is 65.6 Å². The first-order valence-corrected chi connectivity index (χ1v) is 3.36. The highest BCUT2D eigenvalue weighted by Crippen LogP contribution is 2.11. The van der Waals surface area contributed by atoms with Gasteiger partial charge in [0.05, 0.1) is 5.92 Å². The van der Waals surface area contributed by atoms with Crippen molar-refractivity contribution in [1.82, 2.24) is 4.98 Å². The SMILES string of the molecule is C=CC(C=O)c1ccncc1. The van der Waals surface area contributed by atoms with Gasteiger partial charge >= 0.3 is 0 Å². The molecule has 0 spiro atoms. The second-order valence-electron chi connectivity index (χ2n) is 2.18. The number of aromatic nitrogens is 1. The molecule has 2 nitrogen and oxygen atoms in total. The summed E-state index contributed by atoms with van der Waals surface area (Å²) in [4.78, 5) is 14.3. The molecule has 56 valence electrons. The van der Waals surface area contributed by atoms with Crippen LogP contribution in [0.25, 0.3) is 0 Å². The van der Waals surface area contributed by atoms with Crippen LogP contribution in [0.5, 0.6) is 0 Å². The van der Waals surface area contributed by atoms with Gasteiger partial charge in [-0.25, -0.2) is 0 Å². The lowest BCUT2D eigenvalue weighted by atomic mass is 10.0. The highest BCUT2D eigenvalue weighted by atomic mass is 16.1. The standard InChI is InChI=1S/C9H9NO/c1-2-8(7-11)9-3-5-10-6-4-9/h2-8H,1H2. The third-order valence-electron chi connectivity index (χ3n) is 1.49. The van der Waals surface area contributed by atoms with Gasteiger partial charge in [0.1, 0.15) is 6.29 Å². The van der Waals surface area contributed by atoms with Gasteiger partial charge in [-0.2, -0.15) is 0 Å². The largest absolute Gasteiger partial charge is 0.302 e. The van der Waals surface area contributed by atoms with E-state index in [-0.39, 0.29) is 5.92 Å². The molecule has 1 rings (SSSR count). The molecule has 1 unspecified atom stereocenters. The number of carbonyl (C=O) groups is 1. The van der Waals surface area contributed by atoms with E-state index in [1.165, 1.54) is 0 Å². The Morgan fingerprint density at radius 3 is 2.55 bits per heavy atom. The molecule has 0 bridgehead atoms. The molecular weight excluding hydrogens is 138 g/mol. The van der Waals surface area contributed by atoms with Crippen molar-refractivity contribution in [2.75, 3.05) is 0 Å². The molecule has 0 aromatic carbocycles. The van der Waals surface area contributed by atoms with Gasteiger partial charge in [-0.05, 0) is 17.7 Å². The van der Waals surface area contributed by atoms with Gasteiger partial charge in [0.15, 0.2) is 0 Å². The monoisotopic (exact) mass is 147 g/mol. The van der Waals surface area contributed by atoms with Crippen LogP contribution in [0.4, 0.5) is 0 Å². The first-order chi connectivity index (χ1) is 5.38. The van der Waals surface area contributed by atoms with Gasteiger partial charge in [0, 0.05) is 12.4 Å². The van der Waals surface area contributed by atoms with E-state index in [0.29, 0.717) is 0 Å². The fourth-order valence-corrected chi connectivity index (χ4v) is 0.856. The van der Waals surface area contributed by atoms with Crippen molar-refractivity contribution >= 4 is 6.29 Å². The Morgan fingerprint density at radius 2 is 2.09 bits per heavy atom. The highest BCUT2D eigenvalue weighted by molar-refractivity contribution is 5.64. The summed E-state index contributed by atoms with van der Waals surface area (Å²) in [5, 5.41) is 0. The quantitative estimate of drug-likeness (QED) is 0.479. The summed E-state index contributed by atoms with van der Waals surface area (Å²) in [7, 11) is 0. The van der Waals surface area contributed by atoms with Crippen LogP contribution >= 0.6 is 0 Å². The molecule has 0 radical (unpaired) electrons. The van der Waals surface area contributed by atoms with Crippen molar-refractivity contribution in [1.29, 1.82) is 0 Å². The van der Waals surface area contributed by atoms with Crippen molar-refractivity contribution in [2.45, 2.75) is 5.92 Å². The third kappa shape index (κ3) is 1.74. The fourth-order valence-electron chi connectivity index (χ4n) is 0.856. The molecule has 0 N–H and O–H groups in total. The van der Waals surface area contributed by atoms with Gasteiger partial charge in [-0.1, -0.05) is 6.08 Å². The van der Waals surface area contributed by atoms with E-state index < -0.39 is 0 Å². The number of pyridine rings is 1. The molecule has 11 heavy (non-hydrogen) atoms. The molecule has 1 heterocycles. The van der Waals surface area contributed by atoms with Crippen LogP contribution in [0, 0.1) is 0 Å². The summed E-state index contributed by atoms with van der Waals surface area (Å²) in [6.45, 7) is 3.56. The van der Waals surface area contributed by atoms with Gasteiger partial charge < -0.3 is 4.79 Å². The van der Waals surface area contributed by atoms with Crippen LogP contribution in [0.1, 0.15) is 11.5 Å². The maximum absolute atomic E-state index is 10.4. The Morgan fingerprint density at radius 1 is 1.45 bits per heavy atom. The van der Waals surface area contributed by atoms with Gasteiger partial charge in [-0.3, -0.25) is 4.98 Å². The molecule has 0 aliphatic carbocycles. The molecular formula is C9H9NO. The summed E-state index contributed by atoms with van der Waals surface area (Å²) >= 11 is 0. The number of rotatable bonds is 3. The molecule has 0 fully saturated rings. The van der Waals surface area contributed by atoms with E-state index in [1.807, 2.05) is 0 Å². The van der Waals surface area contributed by atoms with Crippen molar-refractivity contribution in [3.63, 3.8) is 0 Å². The minimum absolute atomic E-state index is 0.196. The minimum atomic E-state index is -0.196. The molecule has 2 heteroatoms. The zero-order valence-electron chi connectivity index (χ0n) is 6.10. The number of carbonyl (C=O) groups excluding carboxylic acids is 1. The van der Waals surface area contributed by atoms with Crippen molar-refractivity contribution in [3.8, 4) is 0 Å². The molecule has 0 amide bonds. The Kier molecular flexibility index (Phi) is 2.55. The van der Waals surface area contributed by atoms with Crippen molar-refractivity contribution in [2.24, 2.45) is 0 Å². The maximum Gasteiger partial charge on any atom is 0.131 e. The van der Waals surface area contributed by atoms with Crippen LogP contribution in [0.2, 0.25) is 0 Å². The van der Waals surface area contributed by atoms with E-state index >= 15 is 0 Å². The number of allylic oxidation sites excluding steroid dienone is 1. The highest BCUT2D eigenvalue weighted by Gasteiger charge is 2.02. The van der Waals surface area contributed by atoms with Gasteiger partial charge in [-0.15, -0.1) is 6.58 Å². The average molecular weight is 147 g/mol. The van der Waals surface area contributed by atoms with Crippen LogP contribution in [-0.2, 0) is 4.79 Å². The van der Waals surface area contributed by atoms with Crippen molar-refractivity contribution in [3.05, 3.63) is 42.7 Å². The number of hydrogen-bond acceptors (Lipinski definition) is 2. The smallest absolute Gasteiger partial charge is 0.131 e. The van der Waals surface area contributed by atoms with Gasteiger partial charge in [0.2, 0.25) is 0 Å². The molecule has 0 saturated carbocycles. The topological polar surface area (TPSA) is 30.0 Å². The van der Waals surface area contributed by atoms with Crippen LogP contribution < -0.4 is 0 Å². The van der Waals surface area contributed by atoms with Gasteiger partial charge in [0.25, 0.3) is 0 Å². The minimum Gasteiger partial charge on any atom is -0.302 e. The summed E-state index contributed by atoms with van der Waals surface area (Å²) in [6.07, 6.45) is 5.80. The predicted molar refractivity (Wildman–Crippen MR) is 43.2 cm³/mol. The zero-order chi connectivity index (χ0) is 8.10. The lowest BCUT2D eigenvalue weighted by Crippen LogP contribution is -1.94. The Balaban J connectivity index is 2.90.